The summed E-state index contributed by atoms with van der Waals surface area (Å²) in [4.78, 5) is 16.9. The Morgan fingerprint density at radius 1 is 1.00 bits per heavy atom. The number of hydrogen-bond acceptors (Lipinski definition) is 5. The number of carbonyl (C=O) groups is 1. The van der Waals surface area contributed by atoms with Crippen LogP contribution in [0.5, 0.6) is 11.5 Å². The Kier molecular flexibility index (Phi) is 6.34. The molecular formula is C25H25N3O3. The molecule has 31 heavy (non-hydrogen) atoms. The Labute approximate surface area is 182 Å². The van der Waals surface area contributed by atoms with Crippen LogP contribution in [-0.4, -0.2) is 55.6 Å². The third-order valence-electron chi connectivity index (χ3n) is 5.64. The SMILES string of the molecule is COc1cc(C#N)ccc1OCC(=O)N1CCN(Cc2cccc3ccccc23)CC1. The second-order valence-electron chi connectivity index (χ2n) is 7.56. The van der Waals surface area contributed by atoms with Gasteiger partial charge in [0.25, 0.3) is 5.91 Å². The van der Waals surface area contributed by atoms with E-state index in [0.717, 1.165) is 19.6 Å². The van der Waals surface area contributed by atoms with E-state index in [4.69, 9.17) is 14.7 Å². The Balaban J connectivity index is 1.31. The van der Waals surface area contributed by atoms with E-state index < -0.39 is 0 Å². The highest BCUT2D eigenvalue weighted by atomic mass is 16.5. The maximum atomic E-state index is 12.6. The summed E-state index contributed by atoms with van der Waals surface area (Å²) in [5.41, 5.74) is 1.80. The van der Waals surface area contributed by atoms with E-state index in [-0.39, 0.29) is 12.5 Å². The second kappa shape index (κ2) is 9.50. The molecule has 0 aromatic heterocycles. The van der Waals surface area contributed by atoms with Crippen molar-refractivity contribution in [1.29, 1.82) is 5.26 Å². The first kappa shape index (κ1) is 20.7. The van der Waals surface area contributed by atoms with Crippen LogP contribution in [0.15, 0.2) is 60.7 Å². The fraction of sp³-hybridized carbons (Fsp3) is 0.280. The minimum Gasteiger partial charge on any atom is -0.493 e. The van der Waals surface area contributed by atoms with Gasteiger partial charge in [0.05, 0.1) is 18.7 Å². The largest absolute Gasteiger partial charge is 0.493 e. The van der Waals surface area contributed by atoms with Crippen molar-refractivity contribution < 1.29 is 14.3 Å². The highest BCUT2D eigenvalue weighted by Crippen LogP contribution is 2.28. The molecule has 6 nitrogen and oxygen atoms in total. The van der Waals surface area contributed by atoms with Crippen molar-refractivity contribution in [2.75, 3.05) is 39.9 Å². The standard InChI is InChI=1S/C25H25N3O3/c1-30-24-15-19(16-26)9-10-23(24)31-18-25(29)28-13-11-27(12-14-28)17-21-7-4-6-20-5-2-3-8-22(20)21/h2-10,15H,11-14,17-18H2,1H3. The lowest BCUT2D eigenvalue weighted by Crippen LogP contribution is -2.49. The van der Waals surface area contributed by atoms with Crippen molar-refractivity contribution in [2.45, 2.75) is 6.54 Å². The number of ether oxygens (including phenoxy) is 2. The number of amides is 1. The number of benzene rings is 3. The molecule has 0 saturated carbocycles. The molecule has 3 aromatic carbocycles. The van der Waals surface area contributed by atoms with Crippen molar-refractivity contribution in [2.24, 2.45) is 0 Å². The van der Waals surface area contributed by atoms with Crippen LogP contribution in [0.25, 0.3) is 10.8 Å². The molecule has 1 saturated heterocycles. The molecule has 158 valence electrons. The maximum absolute atomic E-state index is 12.6. The molecule has 0 N–H and O–H groups in total. The summed E-state index contributed by atoms with van der Waals surface area (Å²) < 4.78 is 10.9. The fourth-order valence-electron chi connectivity index (χ4n) is 3.91. The molecule has 3 aromatic rings. The zero-order chi connectivity index (χ0) is 21.6. The van der Waals surface area contributed by atoms with Crippen LogP contribution in [0.2, 0.25) is 0 Å². The lowest BCUT2D eigenvalue weighted by molar-refractivity contribution is -0.135. The van der Waals surface area contributed by atoms with Gasteiger partial charge in [-0.2, -0.15) is 5.26 Å². The number of hydrogen-bond donors (Lipinski definition) is 0. The zero-order valence-corrected chi connectivity index (χ0v) is 17.6. The number of carbonyl (C=O) groups excluding carboxylic acids is 1. The summed E-state index contributed by atoms with van der Waals surface area (Å²) in [6.45, 7) is 3.84. The van der Waals surface area contributed by atoms with Crippen LogP contribution >= 0.6 is 0 Å². The summed E-state index contributed by atoms with van der Waals surface area (Å²) in [5, 5.41) is 11.5. The molecular weight excluding hydrogens is 390 g/mol. The smallest absolute Gasteiger partial charge is 0.260 e. The Hall–Kier alpha value is -3.56. The predicted molar refractivity (Wildman–Crippen MR) is 119 cm³/mol. The monoisotopic (exact) mass is 415 g/mol. The van der Waals surface area contributed by atoms with Gasteiger partial charge in [0.1, 0.15) is 0 Å². The Bertz CT molecular complexity index is 1110. The predicted octanol–water partition coefficient (Wildman–Crippen LogP) is 3.44. The van der Waals surface area contributed by atoms with E-state index in [0.29, 0.717) is 30.2 Å². The van der Waals surface area contributed by atoms with Crippen molar-refractivity contribution >= 4 is 16.7 Å². The van der Waals surface area contributed by atoms with Crippen LogP contribution in [0.3, 0.4) is 0 Å². The molecule has 1 amide bonds. The van der Waals surface area contributed by atoms with Gasteiger partial charge in [0, 0.05) is 38.8 Å². The highest BCUT2D eigenvalue weighted by Gasteiger charge is 2.22. The summed E-state index contributed by atoms with van der Waals surface area (Å²) >= 11 is 0. The average Bonchev–Trinajstić information content (AvgIpc) is 2.83. The molecule has 0 aliphatic carbocycles. The third kappa shape index (κ3) is 4.79. The van der Waals surface area contributed by atoms with Gasteiger partial charge in [0.15, 0.2) is 18.1 Å². The number of rotatable bonds is 6. The van der Waals surface area contributed by atoms with Crippen LogP contribution < -0.4 is 9.47 Å². The van der Waals surface area contributed by atoms with Crippen molar-refractivity contribution in [3.8, 4) is 17.6 Å². The van der Waals surface area contributed by atoms with E-state index in [1.54, 1.807) is 18.2 Å². The minimum atomic E-state index is -0.0500. The summed E-state index contributed by atoms with van der Waals surface area (Å²) in [7, 11) is 1.51. The first-order chi connectivity index (χ1) is 15.2. The molecule has 6 heteroatoms. The molecule has 1 fully saturated rings. The third-order valence-corrected chi connectivity index (χ3v) is 5.64. The van der Waals surface area contributed by atoms with E-state index in [9.17, 15) is 4.79 Å². The highest BCUT2D eigenvalue weighted by molar-refractivity contribution is 5.85. The first-order valence-corrected chi connectivity index (χ1v) is 10.4. The number of nitrogens with zero attached hydrogens (tertiary/aromatic N) is 3. The Morgan fingerprint density at radius 2 is 1.77 bits per heavy atom. The van der Waals surface area contributed by atoms with Crippen LogP contribution in [0, 0.1) is 11.3 Å². The molecule has 1 heterocycles. The lowest BCUT2D eigenvalue weighted by atomic mass is 10.0. The van der Waals surface area contributed by atoms with Crippen LogP contribution in [0.1, 0.15) is 11.1 Å². The van der Waals surface area contributed by atoms with Crippen molar-refractivity contribution in [3.05, 3.63) is 71.8 Å². The maximum Gasteiger partial charge on any atom is 0.260 e. The number of piperazine rings is 1. The lowest BCUT2D eigenvalue weighted by Gasteiger charge is -2.35. The van der Waals surface area contributed by atoms with Gasteiger partial charge in [-0.15, -0.1) is 0 Å². The van der Waals surface area contributed by atoms with Gasteiger partial charge < -0.3 is 14.4 Å². The minimum absolute atomic E-state index is 0.0452. The Morgan fingerprint density at radius 3 is 2.55 bits per heavy atom. The van der Waals surface area contributed by atoms with E-state index in [1.165, 1.54) is 23.4 Å². The van der Waals surface area contributed by atoms with Gasteiger partial charge in [0.2, 0.25) is 0 Å². The molecule has 0 atom stereocenters. The van der Waals surface area contributed by atoms with Crippen molar-refractivity contribution in [1.82, 2.24) is 9.80 Å². The average molecular weight is 415 g/mol. The molecule has 1 aliphatic rings. The second-order valence-corrected chi connectivity index (χ2v) is 7.56. The molecule has 0 unspecified atom stereocenters. The summed E-state index contributed by atoms with van der Waals surface area (Å²) in [5.74, 6) is 0.868. The molecule has 1 aliphatic heterocycles. The number of fused-ring (bicyclic) bond motifs is 1. The van der Waals surface area contributed by atoms with Gasteiger partial charge in [-0.3, -0.25) is 9.69 Å². The van der Waals surface area contributed by atoms with Crippen molar-refractivity contribution in [3.63, 3.8) is 0 Å². The number of nitriles is 1. The van der Waals surface area contributed by atoms with E-state index in [1.807, 2.05) is 4.90 Å². The normalized spacial score (nSPS) is 14.3. The fourth-order valence-corrected chi connectivity index (χ4v) is 3.91. The summed E-state index contributed by atoms with van der Waals surface area (Å²) in [6, 6.07) is 21.8. The molecule has 0 spiro atoms. The molecule has 4 rings (SSSR count). The van der Waals surface area contributed by atoms with Gasteiger partial charge in [-0.25, -0.2) is 0 Å². The summed E-state index contributed by atoms with van der Waals surface area (Å²) in [6.07, 6.45) is 0. The van der Waals surface area contributed by atoms with Crippen LogP contribution in [-0.2, 0) is 11.3 Å². The quantitative estimate of drug-likeness (QED) is 0.617. The topological polar surface area (TPSA) is 65.8 Å². The molecule has 0 radical (unpaired) electrons. The zero-order valence-electron chi connectivity index (χ0n) is 17.6. The van der Waals surface area contributed by atoms with E-state index >= 15 is 0 Å². The van der Waals surface area contributed by atoms with Gasteiger partial charge in [-0.1, -0.05) is 42.5 Å². The van der Waals surface area contributed by atoms with Gasteiger partial charge >= 0.3 is 0 Å². The van der Waals surface area contributed by atoms with Gasteiger partial charge in [-0.05, 0) is 28.5 Å². The number of methoxy groups -OCH3 is 1. The first-order valence-electron chi connectivity index (χ1n) is 10.4. The van der Waals surface area contributed by atoms with Crippen LogP contribution in [0.4, 0.5) is 0 Å². The van der Waals surface area contributed by atoms with E-state index in [2.05, 4.69) is 53.4 Å². The molecule has 0 bridgehead atoms.